The zero-order valence-corrected chi connectivity index (χ0v) is 14.4. The molecule has 0 saturated carbocycles. The van der Waals surface area contributed by atoms with Crippen LogP contribution in [0.1, 0.15) is 0 Å². The van der Waals surface area contributed by atoms with Gasteiger partial charge in [0, 0.05) is 16.0 Å². The number of nitriles is 1. The normalized spacial score (nSPS) is 10.6. The van der Waals surface area contributed by atoms with Gasteiger partial charge in [0.15, 0.2) is 5.58 Å². The molecule has 1 amide bonds. The second-order valence-electron chi connectivity index (χ2n) is 5.06. The van der Waals surface area contributed by atoms with Crippen molar-refractivity contribution < 1.29 is 9.21 Å². The summed E-state index contributed by atoms with van der Waals surface area (Å²) < 4.78 is 6.35. The van der Waals surface area contributed by atoms with Gasteiger partial charge in [-0.15, -0.1) is 11.8 Å². The van der Waals surface area contributed by atoms with E-state index in [-0.39, 0.29) is 18.2 Å². The van der Waals surface area contributed by atoms with Crippen molar-refractivity contribution >= 4 is 46.1 Å². The summed E-state index contributed by atoms with van der Waals surface area (Å²) in [5, 5.41) is 11.9. The fourth-order valence-corrected chi connectivity index (χ4v) is 3.16. The average Bonchev–Trinajstić information content (AvgIpc) is 2.88. The second kappa shape index (κ2) is 7.47. The minimum Gasteiger partial charge on any atom is -0.408 e. The predicted molar refractivity (Wildman–Crippen MR) is 96.9 cm³/mol. The van der Waals surface area contributed by atoms with Crippen LogP contribution in [0.25, 0.3) is 11.1 Å². The van der Waals surface area contributed by atoms with E-state index in [1.54, 1.807) is 24.3 Å². The summed E-state index contributed by atoms with van der Waals surface area (Å²) in [6, 6.07) is 14.0. The molecule has 0 fully saturated rings. The molecular formula is C17H12ClN3O3S. The Kier molecular flexibility index (Phi) is 5.12. The molecule has 0 bridgehead atoms. The Hall–Kier alpha value is -2.69. The van der Waals surface area contributed by atoms with Gasteiger partial charge >= 0.3 is 5.76 Å². The lowest BCUT2D eigenvalue weighted by Crippen LogP contribution is -2.24. The van der Waals surface area contributed by atoms with Gasteiger partial charge in [-0.3, -0.25) is 9.36 Å². The molecule has 0 aliphatic heterocycles. The van der Waals surface area contributed by atoms with Gasteiger partial charge in [0.05, 0.1) is 23.0 Å². The number of para-hydroxylation sites is 1. The van der Waals surface area contributed by atoms with Gasteiger partial charge in [0.1, 0.15) is 6.54 Å². The molecule has 0 radical (unpaired) electrons. The first-order chi connectivity index (χ1) is 12.1. The first-order valence-electron chi connectivity index (χ1n) is 7.26. The maximum Gasteiger partial charge on any atom is 0.420 e. The zero-order valence-electron chi connectivity index (χ0n) is 12.9. The highest BCUT2D eigenvalue weighted by molar-refractivity contribution is 7.99. The highest BCUT2D eigenvalue weighted by Gasteiger charge is 2.14. The largest absolute Gasteiger partial charge is 0.420 e. The van der Waals surface area contributed by atoms with Gasteiger partial charge in [0.2, 0.25) is 5.91 Å². The molecule has 0 spiro atoms. The van der Waals surface area contributed by atoms with Crippen LogP contribution in [-0.2, 0) is 11.3 Å². The number of rotatable bonds is 5. The third kappa shape index (κ3) is 3.87. The average molecular weight is 374 g/mol. The van der Waals surface area contributed by atoms with E-state index in [4.69, 9.17) is 21.3 Å². The van der Waals surface area contributed by atoms with Crippen LogP contribution in [0.3, 0.4) is 0 Å². The Morgan fingerprint density at radius 3 is 2.92 bits per heavy atom. The minimum atomic E-state index is -0.625. The maximum absolute atomic E-state index is 12.4. The SMILES string of the molecule is N#CCSc1ccccc1NC(=O)Cn1c(=O)oc2cc(Cl)ccc21. The van der Waals surface area contributed by atoms with Crippen molar-refractivity contribution in [2.75, 3.05) is 11.1 Å². The summed E-state index contributed by atoms with van der Waals surface area (Å²) in [6.45, 7) is -0.190. The molecule has 0 aliphatic carbocycles. The molecule has 0 unspecified atom stereocenters. The van der Waals surface area contributed by atoms with E-state index in [9.17, 15) is 9.59 Å². The van der Waals surface area contributed by atoms with Crippen LogP contribution < -0.4 is 11.1 Å². The monoisotopic (exact) mass is 373 g/mol. The highest BCUT2D eigenvalue weighted by atomic mass is 35.5. The van der Waals surface area contributed by atoms with Crippen LogP contribution in [0.15, 0.2) is 56.6 Å². The number of halogens is 1. The molecule has 3 aromatic rings. The van der Waals surface area contributed by atoms with Crippen molar-refractivity contribution in [1.82, 2.24) is 4.57 Å². The van der Waals surface area contributed by atoms with Crippen molar-refractivity contribution in [3.05, 3.63) is 58.0 Å². The molecule has 6 nitrogen and oxygen atoms in total. The standard InChI is InChI=1S/C17H12ClN3O3S/c18-11-5-6-13-14(9-11)24-17(23)21(13)10-16(22)20-12-3-1-2-4-15(12)25-8-7-19/h1-6,9H,8,10H2,(H,20,22). The Morgan fingerprint density at radius 1 is 1.32 bits per heavy atom. The van der Waals surface area contributed by atoms with Crippen LogP contribution in [0.5, 0.6) is 0 Å². The lowest BCUT2D eigenvalue weighted by molar-refractivity contribution is -0.116. The number of hydrogen-bond donors (Lipinski definition) is 1. The van der Waals surface area contributed by atoms with Gasteiger partial charge in [-0.05, 0) is 24.3 Å². The fraction of sp³-hybridized carbons (Fsp3) is 0.118. The zero-order chi connectivity index (χ0) is 17.8. The Labute approximate surface area is 152 Å². The van der Waals surface area contributed by atoms with Crippen molar-refractivity contribution in [3.8, 4) is 6.07 Å². The van der Waals surface area contributed by atoms with E-state index in [2.05, 4.69) is 5.32 Å². The second-order valence-corrected chi connectivity index (χ2v) is 6.51. The number of carbonyl (C=O) groups is 1. The van der Waals surface area contributed by atoms with Crippen LogP contribution >= 0.6 is 23.4 Å². The van der Waals surface area contributed by atoms with Crippen LogP contribution in [0, 0.1) is 11.3 Å². The van der Waals surface area contributed by atoms with Gasteiger partial charge in [-0.25, -0.2) is 4.79 Å². The molecule has 0 atom stereocenters. The van der Waals surface area contributed by atoms with E-state index in [0.717, 1.165) is 4.90 Å². The van der Waals surface area contributed by atoms with Crippen LogP contribution in [0.4, 0.5) is 5.69 Å². The number of carbonyl (C=O) groups excluding carboxylic acids is 1. The third-order valence-corrected chi connectivity index (χ3v) is 4.56. The first kappa shape index (κ1) is 17.1. The fourth-order valence-electron chi connectivity index (χ4n) is 2.33. The maximum atomic E-state index is 12.4. The quantitative estimate of drug-likeness (QED) is 0.691. The molecular weight excluding hydrogens is 362 g/mol. The van der Waals surface area contributed by atoms with Gasteiger partial charge in [-0.2, -0.15) is 5.26 Å². The topological polar surface area (TPSA) is 88.0 Å². The van der Waals surface area contributed by atoms with Crippen molar-refractivity contribution in [2.24, 2.45) is 0 Å². The van der Waals surface area contributed by atoms with Gasteiger partial charge in [-0.1, -0.05) is 23.7 Å². The number of nitrogens with zero attached hydrogens (tertiary/aromatic N) is 2. The van der Waals surface area contributed by atoms with Gasteiger partial charge in [0.25, 0.3) is 0 Å². The number of thioether (sulfide) groups is 1. The molecule has 1 aromatic heterocycles. The number of anilines is 1. The molecule has 1 N–H and O–H groups in total. The van der Waals surface area contributed by atoms with E-state index in [1.165, 1.54) is 22.4 Å². The minimum absolute atomic E-state index is 0.190. The first-order valence-corrected chi connectivity index (χ1v) is 8.62. The molecule has 126 valence electrons. The number of amides is 1. The lowest BCUT2D eigenvalue weighted by atomic mass is 10.3. The van der Waals surface area contributed by atoms with Crippen LogP contribution in [0.2, 0.25) is 5.02 Å². The Morgan fingerprint density at radius 2 is 2.12 bits per heavy atom. The van der Waals surface area contributed by atoms with E-state index < -0.39 is 5.76 Å². The van der Waals surface area contributed by atoms with Crippen molar-refractivity contribution in [3.63, 3.8) is 0 Å². The van der Waals surface area contributed by atoms with Gasteiger partial charge < -0.3 is 9.73 Å². The van der Waals surface area contributed by atoms with E-state index in [1.807, 2.05) is 18.2 Å². The molecule has 2 aromatic carbocycles. The number of fused-ring (bicyclic) bond motifs is 1. The number of nitrogens with one attached hydrogen (secondary N) is 1. The molecule has 1 heterocycles. The van der Waals surface area contributed by atoms with Crippen molar-refractivity contribution in [2.45, 2.75) is 11.4 Å². The summed E-state index contributed by atoms with van der Waals surface area (Å²) in [6.07, 6.45) is 0. The van der Waals surface area contributed by atoms with Crippen LogP contribution in [-0.4, -0.2) is 16.2 Å². The lowest BCUT2D eigenvalue weighted by Gasteiger charge is -2.09. The number of hydrogen-bond acceptors (Lipinski definition) is 5. The summed E-state index contributed by atoms with van der Waals surface area (Å²) in [4.78, 5) is 25.1. The molecule has 25 heavy (non-hydrogen) atoms. The molecule has 3 rings (SSSR count). The number of aromatic nitrogens is 1. The van der Waals surface area contributed by atoms with Crippen molar-refractivity contribution in [1.29, 1.82) is 5.26 Å². The molecule has 0 aliphatic rings. The van der Waals surface area contributed by atoms with E-state index >= 15 is 0 Å². The highest BCUT2D eigenvalue weighted by Crippen LogP contribution is 2.26. The third-order valence-electron chi connectivity index (χ3n) is 3.39. The summed E-state index contributed by atoms with van der Waals surface area (Å²) in [7, 11) is 0. The number of oxazole rings is 1. The molecule has 0 saturated heterocycles. The predicted octanol–water partition coefficient (Wildman–Crippen LogP) is 3.50. The number of benzene rings is 2. The summed E-state index contributed by atoms with van der Waals surface area (Å²) >= 11 is 7.20. The smallest absolute Gasteiger partial charge is 0.408 e. The van der Waals surface area contributed by atoms with E-state index in [0.29, 0.717) is 21.8 Å². The summed E-state index contributed by atoms with van der Waals surface area (Å²) in [5.41, 5.74) is 1.42. The molecule has 8 heteroatoms. The Balaban J connectivity index is 1.81. The Bertz CT molecular complexity index is 1040. The summed E-state index contributed by atoms with van der Waals surface area (Å²) in [5.74, 6) is -0.719.